The molecule has 6 nitrogen and oxygen atoms in total. The number of carbonyl (C=O) groups excluding carboxylic acids is 2. The standard InChI is InChI=1S/C27H28F2N4O2/c1-26-8-16-7-17(9-26)11-27(10-16,14-26)12-22(34)32-24-18-5-6-33(13-21(18)30-15-31-24)25(35)23-19(28)3-2-4-20(23)29/h2-4,8,15,17H,5-7,9-14H2,1H3,(H,30,31,32,34). The highest BCUT2D eigenvalue weighted by Crippen LogP contribution is 2.63. The van der Waals surface area contributed by atoms with E-state index in [2.05, 4.69) is 28.3 Å². The van der Waals surface area contributed by atoms with Gasteiger partial charge in [-0.2, -0.15) is 0 Å². The van der Waals surface area contributed by atoms with Crippen LogP contribution in [0.3, 0.4) is 0 Å². The summed E-state index contributed by atoms with van der Waals surface area (Å²) in [5.74, 6) is -1.36. The lowest BCUT2D eigenvalue weighted by Crippen LogP contribution is -2.47. The third-order valence-corrected chi connectivity index (χ3v) is 8.23. The van der Waals surface area contributed by atoms with E-state index in [-0.39, 0.29) is 29.8 Å². The number of amides is 2. The summed E-state index contributed by atoms with van der Waals surface area (Å²) in [4.78, 5) is 36.0. The van der Waals surface area contributed by atoms with E-state index in [4.69, 9.17) is 0 Å². The lowest BCUT2D eigenvalue weighted by Gasteiger charge is -2.57. The third kappa shape index (κ3) is 3.93. The van der Waals surface area contributed by atoms with Gasteiger partial charge in [-0.15, -0.1) is 0 Å². The van der Waals surface area contributed by atoms with Crippen LogP contribution >= 0.6 is 0 Å². The van der Waals surface area contributed by atoms with Gasteiger partial charge in [0.2, 0.25) is 5.91 Å². The van der Waals surface area contributed by atoms with Crippen LogP contribution in [0.1, 0.15) is 67.1 Å². The summed E-state index contributed by atoms with van der Waals surface area (Å²) in [7, 11) is 0. The lowest BCUT2D eigenvalue weighted by atomic mass is 9.48. The second-order valence-electron chi connectivity index (χ2n) is 11.2. The summed E-state index contributed by atoms with van der Waals surface area (Å²) in [6.45, 7) is 2.69. The Morgan fingerprint density at radius 2 is 2.00 bits per heavy atom. The topological polar surface area (TPSA) is 75.2 Å². The van der Waals surface area contributed by atoms with E-state index in [1.807, 2.05) is 0 Å². The molecule has 7 rings (SSSR count). The van der Waals surface area contributed by atoms with Crippen LogP contribution in [0.25, 0.3) is 0 Å². The number of nitrogens with zero attached hydrogens (tertiary/aromatic N) is 3. The van der Waals surface area contributed by atoms with Crippen molar-refractivity contribution in [3.05, 3.63) is 64.6 Å². The van der Waals surface area contributed by atoms with E-state index < -0.39 is 23.1 Å². The van der Waals surface area contributed by atoms with E-state index in [9.17, 15) is 18.4 Å². The van der Waals surface area contributed by atoms with Gasteiger partial charge in [0.25, 0.3) is 5.91 Å². The maximum Gasteiger partial charge on any atom is 0.260 e. The van der Waals surface area contributed by atoms with Crippen molar-refractivity contribution in [1.29, 1.82) is 0 Å². The Labute approximate surface area is 202 Å². The maximum absolute atomic E-state index is 14.1. The average Bonchev–Trinajstić information content (AvgIpc) is 2.76. The van der Waals surface area contributed by atoms with Gasteiger partial charge < -0.3 is 10.2 Å². The van der Waals surface area contributed by atoms with E-state index in [0.717, 1.165) is 37.0 Å². The molecule has 0 saturated heterocycles. The number of hydrogen-bond acceptors (Lipinski definition) is 4. The molecular weight excluding hydrogens is 450 g/mol. The van der Waals surface area contributed by atoms with Crippen molar-refractivity contribution in [3.8, 4) is 0 Å². The van der Waals surface area contributed by atoms with Crippen molar-refractivity contribution >= 4 is 17.6 Å². The predicted molar refractivity (Wildman–Crippen MR) is 125 cm³/mol. The van der Waals surface area contributed by atoms with Crippen LogP contribution in [0.5, 0.6) is 0 Å². The first-order valence-corrected chi connectivity index (χ1v) is 12.3. The molecule has 1 aromatic carbocycles. The summed E-state index contributed by atoms with van der Waals surface area (Å²) in [6.07, 6.45) is 10.3. The highest BCUT2D eigenvalue weighted by molar-refractivity contribution is 5.95. The van der Waals surface area contributed by atoms with Crippen molar-refractivity contribution in [1.82, 2.24) is 14.9 Å². The molecule has 1 N–H and O–H groups in total. The Kier molecular flexibility index (Phi) is 5.06. The molecule has 3 unspecified atom stereocenters. The monoisotopic (exact) mass is 478 g/mol. The zero-order chi connectivity index (χ0) is 24.4. The number of rotatable bonds is 4. The minimum absolute atomic E-state index is 0.0320. The molecule has 8 heteroatoms. The molecule has 4 aliphatic carbocycles. The molecule has 2 heterocycles. The summed E-state index contributed by atoms with van der Waals surface area (Å²) in [6, 6.07) is 3.38. The first kappa shape index (κ1) is 22.3. The Morgan fingerprint density at radius 1 is 1.20 bits per heavy atom. The Morgan fingerprint density at radius 3 is 2.74 bits per heavy atom. The van der Waals surface area contributed by atoms with Crippen LogP contribution in [0.2, 0.25) is 0 Å². The van der Waals surface area contributed by atoms with Crippen molar-refractivity contribution in [2.75, 3.05) is 11.9 Å². The third-order valence-electron chi connectivity index (χ3n) is 8.23. The Hall–Kier alpha value is -3.16. The van der Waals surface area contributed by atoms with Gasteiger partial charge in [-0.05, 0) is 67.4 Å². The lowest BCUT2D eigenvalue weighted by molar-refractivity contribution is -0.121. The van der Waals surface area contributed by atoms with Crippen LogP contribution in [-0.2, 0) is 17.8 Å². The fourth-order valence-corrected chi connectivity index (χ4v) is 7.47. The number of halogens is 2. The van der Waals surface area contributed by atoms with Crippen molar-refractivity contribution in [2.45, 2.75) is 58.4 Å². The van der Waals surface area contributed by atoms with Gasteiger partial charge in [-0.3, -0.25) is 9.59 Å². The van der Waals surface area contributed by atoms with Gasteiger partial charge >= 0.3 is 0 Å². The number of nitrogens with one attached hydrogen (secondary N) is 1. The molecule has 0 radical (unpaired) electrons. The molecule has 4 bridgehead atoms. The Bertz CT molecular complexity index is 1260. The molecule has 2 saturated carbocycles. The number of aromatic nitrogens is 2. The SMILES string of the molecule is CC12C=C3CC(C1)CC(CC(=O)Nc1ncnc4c1CCN(C(=O)c1c(F)cccc1F)C4)(C3)C2. The summed E-state index contributed by atoms with van der Waals surface area (Å²) >= 11 is 0. The summed E-state index contributed by atoms with van der Waals surface area (Å²) in [5.41, 5.74) is 2.57. The van der Waals surface area contributed by atoms with Crippen molar-refractivity contribution in [2.24, 2.45) is 16.7 Å². The number of benzene rings is 1. The molecule has 1 aromatic heterocycles. The smallest absolute Gasteiger partial charge is 0.260 e. The van der Waals surface area contributed by atoms with Gasteiger partial charge in [0.05, 0.1) is 12.2 Å². The average molecular weight is 479 g/mol. The second kappa shape index (κ2) is 7.93. The summed E-state index contributed by atoms with van der Waals surface area (Å²) in [5, 5.41) is 3.02. The fraction of sp³-hybridized carbons (Fsp3) is 0.481. The molecule has 2 aromatic rings. The van der Waals surface area contributed by atoms with Crippen LogP contribution in [0, 0.1) is 28.4 Å². The molecular formula is C27H28F2N4O2. The van der Waals surface area contributed by atoms with E-state index in [0.29, 0.717) is 30.3 Å². The minimum atomic E-state index is -0.884. The molecule has 3 atom stereocenters. The first-order chi connectivity index (χ1) is 16.7. The van der Waals surface area contributed by atoms with Gasteiger partial charge in [0.1, 0.15) is 29.3 Å². The van der Waals surface area contributed by atoms with Crippen LogP contribution in [0.15, 0.2) is 36.2 Å². The van der Waals surface area contributed by atoms with E-state index in [1.165, 1.54) is 35.7 Å². The Balaban J connectivity index is 1.17. The van der Waals surface area contributed by atoms with Crippen LogP contribution < -0.4 is 5.32 Å². The molecule has 182 valence electrons. The molecule has 1 aliphatic heterocycles. The number of carbonyl (C=O) groups is 2. The van der Waals surface area contributed by atoms with Gasteiger partial charge in [0, 0.05) is 18.5 Å². The molecule has 35 heavy (non-hydrogen) atoms. The molecule has 2 fully saturated rings. The first-order valence-electron chi connectivity index (χ1n) is 12.3. The normalized spacial score (nSPS) is 28.5. The summed E-state index contributed by atoms with van der Waals surface area (Å²) < 4.78 is 28.3. The number of fused-ring (bicyclic) bond motifs is 1. The van der Waals surface area contributed by atoms with Crippen molar-refractivity contribution < 1.29 is 18.4 Å². The molecule has 0 spiro atoms. The highest BCUT2D eigenvalue weighted by atomic mass is 19.1. The van der Waals surface area contributed by atoms with Crippen molar-refractivity contribution in [3.63, 3.8) is 0 Å². The largest absolute Gasteiger partial charge is 0.332 e. The zero-order valence-electron chi connectivity index (χ0n) is 19.7. The molecule has 2 amide bonds. The van der Waals surface area contributed by atoms with Crippen LogP contribution in [0.4, 0.5) is 14.6 Å². The maximum atomic E-state index is 14.1. The van der Waals surface area contributed by atoms with Gasteiger partial charge in [0.15, 0.2) is 0 Å². The second-order valence-corrected chi connectivity index (χ2v) is 11.2. The highest BCUT2D eigenvalue weighted by Gasteiger charge is 2.52. The predicted octanol–water partition coefficient (Wildman–Crippen LogP) is 4.81. The molecule has 5 aliphatic rings. The number of hydrogen-bond donors (Lipinski definition) is 1. The van der Waals surface area contributed by atoms with Crippen LogP contribution in [-0.4, -0.2) is 33.2 Å². The quantitative estimate of drug-likeness (QED) is 0.640. The van der Waals surface area contributed by atoms with E-state index in [1.54, 1.807) is 0 Å². The van der Waals surface area contributed by atoms with Gasteiger partial charge in [-0.1, -0.05) is 24.6 Å². The zero-order valence-corrected chi connectivity index (χ0v) is 19.7. The van der Waals surface area contributed by atoms with E-state index >= 15 is 0 Å². The fourth-order valence-electron chi connectivity index (χ4n) is 7.47. The minimum Gasteiger partial charge on any atom is -0.332 e. The number of anilines is 1. The van der Waals surface area contributed by atoms with Gasteiger partial charge in [-0.25, -0.2) is 18.7 Å². The number of allylic oxidation sites excluding steroid dienone is 2.